The van der Waals surface area contributed by atoms with E-state index in [1.807, 2.05) is 7.05 Å². The molecular weight excluding hydrogens is 451 g/mol. The molecule has 2 aliphatic heterocycles. The number of rotatable bonds is 8. The van der Waals surface area contributed by atoms with Crippen LogP contribution in [0.3, 0.4) is 0 Å². The molecule has 3 rings (SSSR count). The van der Waals surface area contributed by atoms with Gasteiger partial charge < -0.3 is 15.4 Å². The highest BCUT2D eigenvalue weighted by Crippen LogP contribution is 2.31. The van der Waals surface area contributed by atoms with Gasteiger partial charge in [0.1, 0.15) is 0 Å². The van der Waals surface area contributed by atoms with E-state index in [9.17, 15) is 0 Å². The summed E-state index contributed by atoms with van der Waals surface area (Å²) in [5.74, 6) is 1.98. The van der Waals surface area contributed by atoms with Gasteiger partial charge in [0.05, 0.1) is 0 Å². The van der Waals surface area contributed by atoms with Crippen LogP contribution in [0.2, 0.25) is 0 Å². The van der Waals surface area contributed by atoms with Crippen LogP contribution in [0.1, 0.15) is 70.6 Å². The number of hydrogen-bond acceptors (Lipinski definition) is 3. The quantitative estimate of drug-likeness (QED) is 0.235. The van der Waals surface area contributed by atoms with Gasteiger partial charge in [0, 0.05) is 38.9 Å². The Morgan fingerprint density at radius 3 is 2.41 bits per heavy atom. The number of unbranched alkanes of at least 4 members (excludes halogenated alkanes) is 1. The molecule has 0 radical (unpaired) electrons. The first-order chi connectivity index (χ1) is 12.8. The lowest BCUT2D eigenvalue weighted by Crippen LogP contribution is -2.58. The van der Waals surface area contributed by atoms with Gasteiger partial charge in [0.25, 0.3) is 0 Å². The van der Waals surface area contributed by atoms with E-state index in [2.05, 4.69) is 20.5 Å². The van der Waals surface area contributed by atoms with E-state index in [1.165, 1.54) is 70.9 Å². The van der Waals surface area contributed by atoms with Gasteiger partial charge in [0.15, 0.2) is 5.96 Å². The van der Waals surface area contributed by atoms with Gasteiger partial charge in [0.2, 0.25) is 0 Å². The molecule has 0 atom stereocenters. The lowest BCUT2D eigenvalue weighted by molar-refractivity contribution is -0.0164. The fourth-order valence-corrected chi connectivity index (χ4v) is 5.08. The predicted molar refractivity (Wildman–Crippen MR) is 124 cm³/mol. The number of nitrogens with one attached hydrogen (secondary N) is 2. The van der Waals surface area contributed by atoms with E-state index < -0.39 is 0 Å². The Balaban J connectivity index is 0.00000261. The summed E-state index contributed by atoms with van der Waals surface area (Å²) in [4.78, 5) is 7.16. The molecule has 0 amide bonds. The highest BCUT2D eigenvalue weighted by molar-refractivity contribution is 14.0. The Labute approximate surface area is 183 Å². The maximum Gasteiger partial charge on any atom is 0.191 e. The summed E-state index contributed by atoms with van der Waals surface area (Å²) in [6.07, 6.45) is 14.9. The second-order valence-corrected chi connectivity index (χ2v) is 8.53. The molecule has 3 fully saturated rings. The van der Waals surface area contributed by atoms with Crippen molar-refractivity contribution in [3.63, 3.8) is 0 Å². The SMILES string of the molecule is CN=C(NCCCCC1CCCC1)NCC1(N2CCCC2)CCOCC1.I. The van der Waals surface area contributed by atoms with Crippen LogP contribution < -0.4 is 10.6 Å². The summed E-state index contributed by atoms with van der Waals surface area (Å²) < 4.78 is 5.65. The lowest BCUT2D eigenvalue weighted by atomic mass is 9.88. The lowest BCUT2D eigenvalue weighted by Gasteiger charge is -2.45. The normalized spacial score (nSPS) is 24.0. The van der Waals surface area contributed by atoms with Crippen molar-refractivity contribution in [2.45, 2.75) is 76.2 Å². The van der Waals surface area contributed by atoms with Gasteiger partial charge in [-0.25, -0.2) is 0 Å². The maximum absolute atomic E-state index is 5.65. The molecular formula is C21H41IN4O. The largest absolute Gasteiger partial charge is 0.381 e. The topological polar surface area (TPSA) is 48.9 Å². The molecule has 6 heteroatoms. The minimum Gasteiger partial charge on any atom is -0.381 e. The van der Waals surface area contributed by atoms with E-state index in [0.717, 1.165) is 51.0 Å². The molecule has 5 nitrogen and oxygen atoms in total. The molecule has 3 aliphatic rings. The molecule has 0 aromatic carbocycles. The van der Waals surface area contributed by atoms with Crippen LogP contribution >= 0.6 is 24.0 Å². The zero-order valence-corrected chi connectivity index (χ0v) is 19.6. The van der Waals surface area contributed by atoms with Crippen molar-refractivity contribution < 1.29 is 4.74 Å². The van der Waals surface area contributed by atoms with E-state index in [0.29, 0.717) is 0 Å². The van der Waals surface area contributed by atoms with E-state index in [-0.39, 0.29) is 29.5 Å². The summed E-state index contributed by atoms with van der Waals surface area (Å²) in [5, 5.41) is 7.16. The highest BCUT2D eigenvalue weighted by Gasteiger charge is 2.39. The Kier molecular flexibility index (Phi) is 10.7. The van der Waals surface area contributed by atoms with Gasteiger partial charge >= 0.3 is 0 Å². The zero-order chi connectivity index (χ0) is 18.1. The Bertz CT molecular complexity index is 428. The molecule has 0 aromatic heterocycles. The number of hydrogen-bond donors (Lipinski definition) is 2. The summed E-state index contributed by atoms with van der Waals surface area (Å²) in [6, 6.07) is 0. The second kappa shape index (κ2) is 12.5. The average Bonchev–Trinajstić information content (AvgIpc) is 3.39. The highest BCUT2D eigenvalue weighted by atomic mass is 127. The molecule has 2 saturated heterocycles. The van der Waals surface area contributed by atoms with E-state index in [1.54, 1.807) is 0 Å². The van der Waals surface area contributed by atoms with Crippen molar-refractivity contribution >= 4 is 29.9 Å². The van der Waals surface area contributed by atoms with Crippen LogP contribution in [-0.4, -0.2) is 62.8 Å². The average molecular weight is 492 g/mol. The van der Waals surface area contributed by atoms with Crippen molar-refractivity contribution in [3.8, 4) is 0 Å². The summed E-state index contributed by atoms with van der Waals surface area (Å²) in [7, 11) is 1.89. The van der Waals surface area contributed by atoms with Crippen molar-refractivity contribution in [2.75, 3.05) is 46.4 Å². The fourth-order valence-electron chi connectivity index (χ4n) is 5.08. The number of likely N-dealkylation sites (tertiary alicyclic amines) is 1. The van der Waals surface area contributed by atoms with Crippen LogP contribution in [-0.2, 0) is 4.74 Å². The molecule has 0 aromatic rings. The van der Waals surface area contributed by atoms with E-state index >= 15 is 0 Å². The van der Waals surface area contributed by atoms with E-state index in [4.69, 9.17) is 4.74 Å². The van der Waals surface area contributed by atoms with Gasteiger partial charge in [-0.1, -0.05) is 38.5 Å². The Morgan fingerprint density at radius 1 is 1.04 bits per heavy atom. The number of nitrogens with zero attached hydrogens (tertiary/aromatic N) is 2. The van der Waals surface area contributed by atoms with Gasteiger partial charge in [-0.15, -0.1) is 24.0 Å². The van der Waals surface area contributed by atoms with Crippen LogP contribution in [0, 0.1) is 5.92 Å². The summed E-state index contributed by atoms with van der Waals surface area (Å²) in [5.41, 5.74) is 0.259. The molecule has 0 spiro atoms. The smallest absolute Gasteiger partial charge is 0.191 e. The molecule has 0 bridgehead atoms. The molecule has 2 N–H and O–H groups in total. The van der Waals surface area contributed by atoms with Crippen molar-refractivity contribution in [3.05, 3.63) is 0 Å². The van der Waals surface area contributed by atoms with Gasteiger partial charge in [-0.3, -0.25) is 9.89 Å². The molecule has 1 aliphatic carbocycles. The number of halogens is 1. The van der Waals surface area contributed by atoms with Crippen LogP contribution in [0.4, 0.5) is 0 Å². The summed E-state index contributed by atoms with van der Waals surface area (Å²) in [6.45, 7) is 6.30. The fraction of sp³-hybridized carbons (Fsp3) is 0.952. The number of guanidine groups is 1. The number of aliphatic imine (C=N–C) groups is 1. The number of ether oxygens (including phenoxy) is 1. The third-order valence-electron chi connectivity index (χ3n) is 6.82. The first kappa shape index (κ1) is 23.2. The Morgan fingerprint density at radius 2 is 1.74 bits per heavy atom. The second-order valence-electron chi connectivity index (χ2n) is 8.53. The molecule has 2 heterocycles. The third kappa shape index (κ3) is 7.03. The van der Waals surface area contributed by atoms with Crippen LogP contribution in [0.15, 0.2) is 4.99 Å². The molecule has 0 unspecified atom stereocenters. The molecule has 27 heavy (non-hydrogen) atoms. The summed E-state index contributed by atoms with van der Waals surface area (Å²) >= 11 is 0. The monoisotopic (exact) mass is 492 g/mol. The predicted octanol–water partition coefficient (Wildman–Crippen LogP) is 3.77. The maximum atomic E-state index is 5.65. The van der Waals surface area contributed by atoms with Gasteiger partial charge in [-0.05, 0) is 51.1 Å². The zero-order valence-electron chi connectivity index (χ0n) is 17.3. The van der Waals surface area contributed by atoms with Crippen LogP contribution in [0.25, 0.3) is 0 Å². The first-order valence-corrected chi connectivity index (χ1v) is 11.1. The Hall–Kier alpha value is -0.0800. The van der Waals surface area contributed by atoms with Crippen molar-refractivity contribution in [1.82, 2.24) is 15.5 Å². The van der Waals surface area contributed by atoms with Gasteiger partial charge in [-0.2, -0.15) is 0 Å². The first-order valence-electron chi connectivity index (χ1n) is 11.1. The standard InChI is InChI=1S/C21H40N4O.HI/c1-22-20(23-13-5-4-10-19-8-2-3-9-19)24-18-21(11-16-26-17-12-21)25-14-6-7-15-25;/h19H,2-18H2,1H3,(H2,22,23,24);1H. The van der Waals surface area contributed by atoms with Crippen molar-refractivity contribution in [2.24, 2.45) is 10.9 Å². The van der Waals surface area contributed by atoms with Crippen molar-refractivity contribution in [1.29, 1.82) is 0 Å². The van der Waals surface area contributed by atoms with Crippen LogP contribution in [0.5, 0.6) is 0 Å². The molecule has 158 valence electrons. The minimum absolute atomic E-state index is 0. The minimum atomic E-state index is 0. The third-order valence-corrected chi connectivity index (χ3v) is 6.82. The molecule has 1 saturated carbocycles.